The lowest BCUT2D eigenvalue weighted by molar-refractivity contribution is 0.296. The fourth-order valence-corrected chi connectivity index (χ4v) is 1.55. The first-order valence-electron chi connectivity index (χ1n) is 6.52. The zero-order valence-electron chi connectivity index (χ0n) is 11.5. The van der Waals surface area contributed by atoms with Crippen LogP contribution in [-0.4, -0.2) is 19.8 Å². The number of hydrogen-bond donors (Lipinski definition) is 1. The van der Waals surface area contributed by atoms with Crippen molar-refractivity contribution in [1.29, 1.82) is 0 Å². The molecular formula is C15H23NO2. The molecule has 1 aromatic rings. The van der Waals surface area contributed by atoms with Crippen molar-refractivity contribution in [2.24, 2.45) is 0 Å². The number of allylic oxidation sites excluding steroid dienone is 1. The molecule has 1 aromatic carbocycles. The second kappa shape index (κ2) is 8.59. The predicted octanol–water partition coefficient (Wildman–Crippen LogP) is 3.15. The molecule has 3 nitrogen and oxygen atoms in total. The van der Waals surface area contributed by atoms with Crippen LogP contribution in [-0.2, 0) is 6.54 Å². The summed E-state index contributed by atoms with van der Waals surface area (Å²) in [6.45, 7) is 9.08. The topological polar surface area (TPSA) is 30.5 Å². The van der Waals surface area contributed by atoms with Crippen molar-refractivity contribution < 1.29 is 9.47 Å². The molecule has 0 radical (unpaired) electrons. The summed E-state index contributed by atoms with van der Waals surface area (Å²) < 4.78 is 11.3. The molecule has 18 heavy (non-hydrogen) atoms. The van der Waals surface area contributed by atoms with E-state index >= 15 is 0 Å². The van der Waals surface area contributed by atoms with Crippen LogP contribution in [0.2, 0.25) is 0 Å². The summed E-state index contributed by atoms with van der Waals surface area (Å²) in [6, 6.07) is 6.08. The molecule has 0 atom stereocenters. The Kier molecular flexibility index (Phi) is 6.96. The Morgan fingerprint density at radius 2 is 2.00 bits per heavy atom. The molecule has 0 saturated carbocycles. The van der Waals surface area contributed by atoms with Gasteiger partial charge in [0.1, 0.15) is 6.61 Å². The molecule has 0 aliphatic heterocycles. The third-order valence-electron chi connectivity index (χ3n) is 2.46. The van der Waals surface area contributed by atoms with E-state index in [-0.39, 0.29) is 0 Å². The van der Waals surface area contributed by atoms with Gasteiger partial charge in [-0.2, -0.15) is 0 Å². The quantitative estimate of drug-likeness (QED) is 0.718. The molecule has 0 aromatic heterocycles. The lowest BCUT2D eigenvalue weighted by Gasteiger charge is -2.12. The van der Waals surface area contributed by atoms with Gasteiger partial charge in [-0.25, -0.2) is 0 Å². The van der Waals surface area contributed by atoms with Crippen LogP contribution >= 0.6 is 0 Å². The molecule has 0 aliphatic rings. The van der Waals surface area contributed by atoms with Crippen LogP contribution in [0.1, 0.15) is 26.3 Å². The summed E-state index contributed by atoms with van der Waals surface area (Å²) in [5.74, 6) is 1.62. The first kappa shape index (κ1) is 14.6. The van der Waals surface area contributed by atoms with Crippen LogP contribution in [0.15, 0.2) is 30.4 Å². The van der Waals surface area contributed by atoms with Gasteiger partial charge < -0.3 is 14.8 Å². The molecule has 0 saturated heterocycles. The van der Waals surface area contributed by atoms with E-state index in [1.165, 1.54) is 5.56 Å². The first-order chi connectivity index (χ1) is 8.81. The molecule has 0 heterocycles. The minimum atomic E-state index is 0.573. The summed E-state index contributed by atoms with van der Waals surface area (Å²) in [5, 5.41) is 3.30. The van der Waals surface area contributed by atoms with Crippen LogP contribution in [0.4, 0.5) is 0 Å². The van der Waals surface area contributed by atoms with E-state index in [1.807, 2.05) is 38.1 Å². The van der Waals surface area contributed by atoms with Crippen molar-refractivity contribution in [3.05, 3.63) is 35.9 Å². The minimum Gasteiger partial charge on any atom is -0.490 e. The van der Waals surface area contributed by atoms with Gasteiger partial charge in [0.05, 0.1) is 6.61 Å². The summed E-state index contributed by atoms with van der Waals surface area (Å²) in [5.41, 5.74) is 1.21. The fourth-order valence-electron chi connectivity index (χ4n) is 1.55. The molecule has 100 valence electrons. The zero-order valence-corrected chi connectivity index (χ0v) is 11.5. The van der Waals surface area contributed by atoms with E-state index in [0.717, 1.165) is 24.6 Å². The molecule has 0 aliphatic carbocycles. The van der Waals surface area contributed by atoms with E-state index in [9.17, 15) is 0 Å². The van der Waals surface area contributed by atoms with Gasteiger partial charge in [0.25, 0.3) is 0 Å². The molecule has 0 bridgehead atoms. The Morgan fingerprint density at radius 1 is 1.17 bits per heavy atom. The highest BCUT2D eigenvalue weighted by molar-refractivity contribution is 5.43. The average Bonchev–Trinajstić information content (AvgIpc) is 2.39. The molecule has 1 rings (SSSR count). The largest absolute Gasteiger partial charge is 0.490 e. The summed E-state index contributed by atoms with van der Waals surface area (Å²) in [7, 11) is 0. The van der Waals surface area contributed by atoms with Crippen molar-refractivity contribution in [1.82, 2.24) is 5.32 Å². The normalized spacial score (nSPS) is 10.8. The van der Waals surface area contributed by atoms with Crippen molar-refractivity contribution in [3.8, 4) is 11.5 Å². The lowest BCUT2D eigenvalue weighted by Crippen LogP contribution is -2.12. The van der Waals surface area contributed by atoms with Gasteiger partial charge in [0.2, 0.25) is 0 Å². The molecule has 0 fully saturated rings. The minimum absolute atomic E-state index is 0.573. The molecular weight excluding hydrogens is 226 g/mol. The maximum absolute atomic E-state index is 5.66. The highest BCUT2D eigenvalue weighted by atomic mass is 16.5. The third kappa shape index (κ3) is 4.80. The Morgan fingerprint density at radius 3 is 2.67 bits per heavy atom. The van der Waals surface area contributed by atoms with Gasteiger partial charge in [-0.3, -0.25) is 0 Å². The number of ether oxygens (including phenoxy) is 2. The summed E-state index contributed by atoms with van der Waals surface area (Å²) in [6.07, 6.45) is 3.95. The molecule has 1 N–H and O–H groups in total. The average molecular weight is 249 g/mol. The number of rotatable bonds is 8. The highest BCUT2D eigenvalue weighted by Gasteiger charge is 2.05. The van der Waals surface area contributed by atoms with E-state index in [0.29, 0.717) is 13.2 Å². The first-order valence-corrected chi connectivity index (χ1v) is 6.52. The smallest absolute Gasteiger partial charge is 0.161 e. The van der Waals surface area contributed by atoms with Crippen molar-refractivity contribution in [2.45, 2.75) is 27.3 Å². The van der Waals surface area contributed by atoms with Crippen molar-refractivity contribution in [3.63, 3.8) is 0 Å². The van der Waals surface area contributed by atoms with Gasteiger partial charge in [0, 0.05) is 6.54 Å². The monoisotopic (exact) mass is 249 g/mol. The molecule has 0 unspecified atom stereocenters. The third-order valence-corrected chi connectivity index (χ3v) is 2.46. The standard InChI is InChI=1S/C15H23NO2/c1-4-7-10-18-14-9-8-13(12-16-5-2)11-15(14)17-6-3/h4,7-9,11,16H,5-6,10,12H2,1-3H3/b7-4+. The van der Waals surface area contributed by atoms with Crippen LogP contribution in [0.25, 0.3) is 0 Å². The Bertz CT molecular complexity index is 375. The predicted molar refractivity (Wildman–Crippen MR) is 75.3 cm³/mol. The number of nitrogens with one attached hydrogen (secondary N) is 1. The van der Waals surface area contributed by atoms with Gasteiger partial charge in [-0.1, -0.05) is 25.1 Å². The van der Waals surface area contributed by atoms with Crippen molar-refractivity contribution >= 4 is 0 Å². The van der Waals surface area contributed by atoms with Crippen LogP contribution < -0.4 is 14.8 Å². The maximum Gasteiger partial charge on any atom is 0.161 e. The molecule has 0 spiro atoms. The van der Waals surface area contributed by atoms with E-state index in [1.54, 1.807) is 0 Å². The van der Waals surface area contributed by atoms with E-state index < -0.39 is 0 Å². The van der Waals surface area contributed by atoms with Gasteiger partial charge in [-0.05, 0) is 38.1 Å². The van der Waals surface area contributed by atoms with Gasteiger partial charge in [0.15, 0.2) is 11.5 Å². The van der Waals surface area contributed by atoms with Crippen LogP contribution in [0.3, 0.4) is 0 Å². The maximum atomic E-state index is 5.66. The van der Waals surface area contributed by atoms with Gasteiger partial charge >= 0.3 is 0 Å². The lowest BCUT2D eigenvalue weighted by atomic mass is 10.2. The molecule has 3 heteroatoms. The Labute approximate surface area is 110 Å². The number of benzene rings is 1. The highest BCUT2D eigenvalue weighted by Crippen LogP contribution is 2.28. The van der Waals surface area contributed by atoms with Crippen LogP contribution in [0, 0.1) is 0 Å². The second-order valence-electron chi connectivity index (χ2n) is 3.87. The Balaban J connectivity index is 2.75. The SMILES string of the molecule is C/C=C/COc1ccc(CNCC)cc1OCC. The van der Waals surface area contributed by atoms with E-state index in [2.05, 4.69) is 18.3 Å². The summed E-state index contributed by atoms with van der Waals surface area (Å²) >= 11 is 0. The second-order valence-corrected chi connectivity index (χ2v) is 3.87. The van der Waals surface area contributed by atoms with Gasteiger partial charge in [-0.15, -0.1) is 0 Å². The zero-order chi connectivity index (χ0) is 13.2. The molecule has 0 amide bonds. The van der Waals surface area contributed by atoms with E-state index in [4.69, 9.17) is 9.47 Å². The van der Waals surface area contributed by atoms with Crippen molar-refractivity contribution in [2.75, 3.05) is 19.8 Å². The van der Waals surface area contributed by atoms with Crippen LogP contribution in [0.5, 0.6) is 11.5 Å². The Hall–Kier alpha value is -1.48. The summed E-state index contributed by atoms with van der Waals surface area (Å²) in [4.78, 5) is 0. The fraction of sp³-hybridized carbons (Fsp3) is 0.467. The number of hydrogen-bond acceptors (Lipinski definition) is 3.